The number of aromatic nitrogens is 3. The van der Waals surface area contributed by atoms with Crippen molar-refractivity contribution < 1.29 is 9.18 Å². The second-order valence-electron chi connectivity index (χ2n) is 8.88. The van der Waals surface area contributed by atoms with Crippen LogP contribution in [0.25, 0.3) is 27.9 Å². The summed E-state index contributed by atoms with van der Waals surface area (Å²) in [6.45, 7) is 0. The number of thioether (sulfide) groups is 1. The third-order valence-electron chi connectivity index (χ3n) is 6.08. The van der Waals surface area contributed by atoms with Crippen molar-refractivity contribution in [1.82, 2.24) is 14.9 Å². The lowest BCUT2D eigenvalue weighted by atomic mass is 10.1. The van der Waals surface area contributed by atoms with E-state index in [-0.39, 0.29) is 21.8 Å². The molecule has 0 atom stereocenters. The Morgan fingerprint density at radius 3 is 2.45 bits per heavy atom. The second-order valence-corrected chi connectivity index (χ2v) is 12.5. The van der Waals surface area contributed by atoms with Gasteiger partial charge in [0.15, 0.2) is 5.82 Å². The number of halogens is 5. The summed E-state index contributed by atoms with van der Waals surface area (Å²) in [5, 5.41) is 18.4. The number of thiophene rings is 1. The van der Waals surface area contributed by atoms with Crippen LogP contribution >= 0.6 is 69.5 Å². The highest BCUT2D eigenvalue weighted by Gasteiger charge is 2.29. The van der Waals surface area contributed by atoms with Crippen molar-refractivity contribution in [3.8, 4) is 21.8 Å². The molecule has 1 aliphatic rings. The fourth-order valence-corrected chi connectivity index (χ4v) is 6.84. The number of carbonyl (C=O) groups excluding carboxylic acids is 1. The minimum atomic E-state index is -0.631. The molecule has 0 bridgehead atoms. The number of fused-ring (bicyclic) bond motifs is 1. The van der Waals surface area contributed by atoms with E-state index in [2.05, 4.69) is 15.5 Å². The molecule has 1 amide bonds. The number of rotatable bonds is 6. The van der Waals surface area contributed by atoms with Crippen LogP contribution in [0, 0.1) is 5.82 Å². The van der Waals surface area contributed by atoms with Crippen LogP contribution in [-0.2, 0) is 4.79 Å². The molecule has 1 N–H and O–H groups in total. The van der Waals surface area contributed by atoms with Gasteiger partial charge in [0.2, 0.25) is 11.1 Å². The summed E-state index contributed by atoms with van der Waals surface area (Å²) in [5.74, 6) is -0.714. The Hall–Kier alpha value is -3.18. The minimum Gasteiger partial charge on any atom is -0.317 e. The van der Waals surface area contributed by atoms with Crippen molar-refractivity contribution in [2.75, 3.05) is 11.2 Å². The monoisotopic (exact) mass is 673 g/mol. The summed E-state index contributed by atoms with van der Waals surface area (Å²) < 4.78 is 16.3. The third kappa shape index (κ3) is 5.86. The van der Waals surface area contributed by atoms with Crippen molar-refractivity contribution in [1.29, 1.82) is 0 Å². The summed E-state index contributed by atoms with van der Waals surface area (Å²) in [7, 11) is 0. The first-order chi connectivity index (χ1) is 20.3. The van der Waals surface area contributed by atoms with E-state index in [1.807, 2.05) is 54.6 Å². The van der Waals surface area contributed by atoms with Crippen LogP contribution in [0.4, 0.5) is 9.39 Å². The maximum atomic E-state index is 14.7. The second kappa shape index (κ2) is 12.2. The van der Waals surface area contributed by atoms with Crippen LogP contribution in [0.3, 0.4) is 0 Å². The molecule has 13 heteroatoms. The van der Waals surface area contributed by atoms with E-state index in [9.17, 15) is 9.18 Å². The van der Waals surface area contributed by atoms with Crippen molar-refractivity contribution in [2.24, 2.45) is 5.10 Å². The zero-order valence-corrected chi connectivity index (χ0v) is 25.8. The maximum Gasteiger partial charge on any atom is 0.239 e. The van der Waals surface area contributed by atoms with Crippen LogP contribution in [-0.4, -0.2) is 32.4 Å². The van der Waals surface area contributed by atoms with Crippen LogP contribution in [0.1, 0.15) is 11.1 Å². The molecule has 42 heavy (non-hydrogen) atoms. The lowest BCUT2D eigenvalue weighted by molar-refractivity contribution is -0.113. The molecule has 3 aromatic carbocycles. The Balaban J connectivity index is 1.54. The summed E-state index contributed by atoms with van der Waals surface area (Å²) in [6, 6.07) is 21.4. The molecule has 2 aromatic heterocycles. The quantitative estimate of drug-likeness (QED) is 0.144. The highest BCUT2D eigenvalue weighted by molar-refractivity contribution is 8.04. The molecule has 0 saturated heterocycles. The molecule has 0 fully saturated rings. The van der Waals surface area contributed by atoms with Gasteiger partial charge in [-0.3, -0.25) is 4.79 Å². The summed E-state index contributed by atoms with van der Waals surface area (Å²) >= 11 is 27.0. The highest BCUT2D eigenvalue weighted by Crippen LogP contribution is 2.44. The molecule has 0 radical (unpaired) electrons. The number of nitrogens with one attached hydrogen (secondary N) is 1. The number of benzene rings is 3. The van der Waals surface area contributed by atoms with Crippen molar-refractivity contribution in [2.45, 2.75) is 5.16 Å². The Kier molecular flexibility index (Phi) is 8.40. The van der Waals surface area contributed by atoms with Crippen LogP contribution in [0.5, 0.6) is 0 Å². The molecule has 6 rings (SSSR count). The van der Waals surface area contributed by atoms with Crippen LogP contribution in [0.15, 0.2) is 88.0 Å². The molecule has 5 aromatic rings. The predicted molar refractivity (Wildman–Crippen MR) is 172 cm³/mol. The minimum absolute atomic E-state index is 0.0978. The van der Waals surface area contributed by atoms with Gasteiger partial charge in [-0.05, 0) is 59.3 Å². The number of amides is 1. The van der Waals surface area contributed by atoms with E-state index in [0.29, 0.717) is 42.1 Å². The number of nitrogens with zero attached hydrogens (tertiary/aromatic N) is 4. The van der Waals surface area contributed by atoms with E-state index < -0.39 is 5.82 Å². The fourth-order valence-electron chi connectivity index (χ4n) is 4.18. The fraction of sp³-hybridized carbons (Fsp3) is 0.0345. The molecular formula is C29H16Cl4FN5OS2. The molecule has 0 unspecified atom stereocenters. The van der Waals surface area contributed by atoms with Crippen molar-refractivity contribution in [3.63, 3.8) is 0 Å². The zero-order valence-electron chi connectivity index (χ0n) is 21.1. The molecule has 1 aliphatic heterocycles. The summed E-state index contributed by atoms with van der Waals surface area (Å²) in [4.78, 5) is 13.5. The summed E-state index contributed by atoms with van der Waals surface area (Å²) in [5.41, 5.74) is 3.32. The van der Waals surface area contributed by atoms with Crippen LogP contribution in [0.2, 0.25) is 15.1 Å². The van der Waals surface area contributed by atoms with Gasteiger partial charge in [-0.1, -0.05) is 77.3 Å². The number of carbonyl (C=O) groups is 1. The summed E-state index contributed by atoms with van der Waals surface area (Å²) in [6.07, 6.45) is 1.89. The van der Waals surface area contributed by atoms with Gasteiger partial charge >= 0.3 is 0 Å². The predicted octanol–water partition coefficient (Wildman–Crippen LogP) is 9.35. The zero-order chi connectivity index (χ0) is 29.4. The Labute approximate surface area is 267 Å². The van der Waals surface area contributed by atoms with Gasteiger partial charge in [0, 0.05) is 21.1 Å². The number of alkyl halides is 1. The maximum absolute atomic E-state index is 14.7. The molecule has 3 heterocycles. The number of hydrogen-bond acceptors (Lipinski definition) is 6. The Morgan fingerprint density at radius 1 is 0.952 bits per heavy atom. The van der Waals surface area contributed by atoms with E-state index in [4.69, 9.17) is 51.5 Å². The smallest absolute Gasteiger partial charge is 0.239 e. The van der Waals surface area contributed by atoms with Gasteiger partial charge in [-0.2, -0.15) is 9.78 Å². The average molecular weight is 675 g/mol. The topological polar surface area (TPSA) is 72.2 Å². The SMILES string of the molecule is O=C(CCl)Nc1cc(-c2ccccc2)c(-c2nnc3n2N=C(c2cc(F)c(Cl)cc2Cl)/C(=C/c2ccc(Cl)cc2)S3)s1. The van der Waals surface area contributed by atoms with Gasteiger partial charge in [-0.25, -0.2) is 4.39 Å². The Bertz CT molecular complexity index is 1890. The van der Waals surface area contributed by atoms with Crippen LogP contribution < -0.4 is 5.32 Å². The number of allylic oxidation sites excluding steroid dienone is 1. The lowest BCUT2D eigenvalue weighted by Crippen LogP contribution is -2.13. The van der Waals surface area contributed by atoms with Gasteiger partial charge < -0.3 is 5.32 Å². The largest absolute Gasteiger partial charge is 0.317 e. The van der Waals surface area contributed by atoms with Gasteiger partial charge in [0.1, 0.15) is 17.4 Å². The normalized spacial score (nSPS) is 13.6. The van der Waals surface area contributed by atoms with E-state index >= 15 is 0 Å². The van der Waals surface area contributed by atoms with Gasteiger partial charge in [-0.15, -0.1) is 33.1 Å². The van der Waals surface area contributed by atoms with Crippen molar-refractivity contribution >= 4 is 92.2 Å². The molecule has 210 valence electrons. The van der Waals surface area contributed by atoms with E-state index in [1.54, 1.807) is 16.8 Å². The molecule has 0 spiro atoms. The van der Waals surface area contributed by atoms with Gasteiger partial charge in [0.25, 0.3) is 0 Å². The number of hydrogen-bond donors (Lipinski definition) is 1. The molecule has 0 saturated carbocycles. The standard InChI is InChI=1S/C29H16Cl4FN5OS2/c30-14-24(40)35-25-12-18(16-4-2-1-3-5-16)27(42-25)28-36-37-29-39(28)38-26(19-11-22(34)21(33)13-20(19)32)23(41-29)10-15-6-8-17(31)9-7-15/h1-13H,14H2,(H,35,40)/b23-10-. The first-order valence-corrected chi connectivity index (χ1v) is 15.5. The third-order valence-corrected chi connectivity index (χ3v) is 9.20. The first kappa shape index (κ1) is 28.9. The lowest BCUT2D eigenvalue weighted by Gasteiger charge is -2.18. The molecular weight excluding hydrogens is 659 g/mol. The first-order valence-electron chi connectivity index (χ1n) is 12.2. The highest BCUT2D eigenvalue weighted by atomic mass is 35.5. The molecule has 0 aliphatic carbocycles. The van der Waals surface area contributed by atoms with E-state index in [0.717, 1.165) is 16.7 Å². The Morgan fingerprint density at radius 2 is 1.71 bits per heavy atom. The van der Waals surface area contributed by atoms with Gasteiger partial charge in [0.05, 0.1) is 19.9 Å². The average Bonchev–Trinajstić information content (AvgIpc) is 3.59. The van der Waals surface area contributed by atoms with E-state index in [1.165, 1.54) is 35.2 Å². The number of anilines is 1. The molecule has 6 nitrogen and oxygen atoms in total. The van der Waals surface area contributed by atoms with Crippen molar-refractivity contribution in [3.05, 3.63) is 110 Å².